The molecular formula is C10H19NO2. The fourth-order valence-corrected chi connectivity index (χ4v) is 0.844. The summed E-state index contributed by atoms with van der Waals surface area (Å²) >= 11 is 0. The van der Waals surface area contributed by atoms with Gasteiger partial charge in [0.15, 0.2) is 0 Å². The predicted octanol–water partition coefficient (Wildman–Crippen LogP) is 1.23. The lowest BCUT2D eigenvalue weighted by atomic mass is 10.1. The summed E-state index contributed by atoms with van der Waals surface area (Å²) in [5.41, 5.74) is 0.156. The van der Waals surface area contributed by atoms with E-state index in [1.165, 1.54) is 0 Å². The summed E-state index contributed by atoms with van der Waals surface area (Å²) in [5, 5.41) is 11.7. The van der Waals surface area contributed by atoms with Crippen LogP contribution in [-0.4, -0.2) is 23.2 Å². The largest absolute Gasteiger partial charge is 0.394 e. The van der Waals surface area contributed by atoms with Crippen LogP contribution in [0.4, 0.5) is 0 Å². The fraction of sp³-hybridized carbons (Fsp3) is 0.700. The van der Waals surface area contributed by atoms with E-state index in [2.05, 4.69) is 5.32 Å². The van der Waals surface area contributed by atoms with Gasteiger partial charge in [0.2, 0.25) is 5.91 Å². The highest BCUT2D eigenvalue weighted by Crippen LogP contribution is 2.03. The van der Waals surface area contributed by atoms with Crippen LogP contribution in [0.25, 0.3) is 0 Å². The van der Waals surface area contributed by atoms with E-state index in [1.54, 1.807) is 20.8 Å². The van der Waals surface area contributed by atoms with Crippen LogP contribution in [0, 0.1) is 0 Å². The molecule has 1 amide bonds. The van der Waals surface area contributed by atoms with E-state index in [1.807, 2.05) is 13.0 Å². The van der Waals surface area contributed by atoms with Crippen molar-refractivity contribution in [3.63, 3.8) is 0 Å². The van der Waals surface area contributed by atoms with Crippen LogP contribution in [0.1, 0.15) is 34.1 Å². The molecule has 0 aromatic rings. The van der Waals surface area contributed by atoms with Crippen molar-refractivity contribution in [3.8, 4) is 0 Å². The molecular weight excluding hydrogens is 166 g/mol. The lowest BCUT2D eigenvalue weighted by molar-refractivity contribution is -0.119. The third-order valence-corrected chi connectivity index (χ3v) is 1.72. The Morgan fingerprint density at radius 1 is 1.54 bits per heavy atom. The molecule has 76 valence electrons. The van der Waals surface area contributed by atoms with Crippen molar-refractivity contribution < 1.29 is 9.90 Å². The standard InChI is InChI=1S/C10H19NO2/c1-5-6-8(2)9(13)11-10(3,4)7-12/h6,12H,5,7H2,1-4H3,(H,11,13)/b8-6+. The van der Waals surface area contributed by atoms with Crippen molar-refractivity contribution in [2.45, 2.75) is 39.7 Å². The van der Waals surface area contributed by atoms with E-state index in [9.17, 15) is 4.79 Å². The first kappa shape index (κ1) is 12.2. The van der Waals surface area contributed by atoms with Crippen molar-refractivity contribution in [1.29, 1.82) is 0 Å². The Morgan fingerprint density at radius 2 is 2.08 bits per heavy atom. The van der Waals surface area contributed by atoms with Crippen molar-refractivity contribution in [1.82, 2.24) is 5.32 Å². The lowest BCUT2D eigenvalue weighted by Crippen LogP contribution is -2.46. The van der Waals surface area contributed by atoms with E-state index in [0.717, 1.165) is 6.42 Å². The molecule has 3 nitrogen and oxygen atoms in total. The average molecular weight is 185 g/mol. The maximum Gasteiger partial charge on any atom is 0.247 e. The van der Waals surface area contributed by atoms with Crippen LogP contribution in [0.3, 0.4) is 0 Å². The first-order valence-electron chi connectivity index (χ1n) is 4.53. The monoisotopic (exact) mass is 185 g/mol. The minimum atomic E-state index is -0.542. The molecule has 0 bridgehead atoms. The van der Waals surface area contributed by atoms with Gasteiger partial charge in [0.1, 0.15) is 0 Å². The molecule has 0 aromatic carbocycles. The molecule has 0 radical (unpaired) electrons. The maximum absolute atomic E-state index is 11.4. The molecule has 0 heterocycles. The average Bonchev–Trinajstić information content (AvgIpc) is 2.04. The Bertz CT molecular complexity index is 207. The van der Waals surface area contributed by atoms with Gasteiger partial charge in [0, 0.05) is 5.57 Å². The summed E-state index contributed by atoms with van der Waals surface area (Å²) in [7, 11) is 0. The van der Waals surface area contributed by atoms with Gasteiger partial charge in [-0.1, -0.05) is 13.0 Å². The molecule has 0 rings (SSSR count). The molecule has 0 atom stereocenters. The topological polar surface area (TPSA) is 49.3 Å². The maximum atomic E-state index is 11.4. The molecule has 0 saturated carbocycles. The second-order valence-electron chi connectivity index (χ2n) is 3.79. The number of hydrogen-bond donors (Lipinski definition) is 2. The molecule has 0 aromatic heterocycles. The number of nitrogens with one attached hydrogen (secondary N) is 1. The number of hydrogen-bond acceptors (Lipinski definition) is 2. The number of amides is 1. The minimum Gasteiger partial charge on any atom is -0.394 e. The van der Waals surface area contributed by atoms with Gasteiger partial charge in [-0.25, -0.2) is 0 Å². The summed E-state index contributed by atoms with van der Waals surface area (Å²) in [6, 6.07) is 0. The first-order chi connectivity index (χ1) is 5.93. The molecule has 13 heavy (non-hydrogen) atoms. The number of allylic oxidation sites excluding steroid dienone is 1. The normalized spacial score (nSPS) is 12.8. The van der Waals surface area contributed by atoms with Crippen LogP contribution in [0.2, 0.25) is 0 Å². The number of carbonyl (C=O) groups is 1. The summed E-state index contributed by atoms with van der Waals surface area (Å²) in [6.07, 6.45) is 2.71. The number of aliphatic hydroxyl groups excluding tert-OH is 1. The molecule has 0 aliphatic rings. The van der Waals surface area contributed by atoms with Crippen molar-refractivity contribution >= 4 is 5.91 Å². The van der Waals surface area contributed by atoms with Crippen molar-refractivity contribution in [2.75, 3.05) is 6.61 Å². The third kappa shape index (κ3) is 4.68. The summed E-state index contributed by atoms with van der Waals surface area (Å²) < 4.78 is 0. The Morgan fingerprint density at radius 3 is 2.46 bits per heavy atom. The van der Waals surface area contributed by atoms with Crippen molar-refractivity contribution in [2.24, 2.45) is 0 Å². The van der Waals surface area contributed by atoms with Crippen LogP contribution < -0.4 is 5.32 Å². The number of carbonyl (C=O) groups excluding carboxylic acids is 1. The van der Waals surface area contributed by atoms with Crippen molar-refractivity contribution in [3.05, 3.63) is 11.6 Å². The molecule has 2 N–H and O–H groups in total. The first-order valence-corrected chi connectivity index (χ1v) is 4.53. The fourth-order valence-electron chi connectivity index (χ4n) is 0.844. The Balaban J connectivity index is 4.23. The second-order valence-corrected chi connectivity index (χ2v) is 3.79. The van der Waals surface area contributed by atoms with Gasteiger partial charge in [0.05, 0.1) is 12.1 Å². The summed E-state index contributed by atoms with van der Waals surface area (Å²) in [4.78, 5) is 11.4. The minimum absolute atomic E-state index is 0.0574. The smallest absolute Gasteiger partial charge is 0.247 e. The van der Waals surface area contributed by atoms with Gasteiger partial charge in [0.25, 0.3) is 0 Å². The van der Waals surface area contributed by atoms with Gasteiger partial charge < -0.3 is 10.4 Å². The molecule has 0 fully saturated rings. The molecule has 0 saturated heterocycles. The van der Waals surface area contributed by atoms with Crippen LogP contribution in [-0.2, 0) is 4.79 Å². The van der Waals surface area contributed by atoms with Crippen LogP contribution in [0.5, 0.6) is 0 Å². The Kier molecular flexibility index (Phi) is 4.70. The Labute approximate surface area is 79.8 Å². The van der Waals surface area contributed by atoms with E-state index in [0.29, 0.717) is 5.57 Å². The number of aliphatic hydroxyl groups is 1. The zero-order valence-electron chi connectivity index (χ0n) is 8.85. The summed E-state index contributed by atoms with van der Waals surface area (Å²) in [6.45, 7) is 7.26. The van der Waals surface area contributed by atoms with E-state index < -0.39 is 5.54 Å². The van der Waals surface area contributed by atoms with E-state index in [-0.39, 0.29) is 12.5 Å². The van der Waals surface area contributed by atoms with Crippen LogP contribution >= 0.6 is 0 Å². The quantitative estimate of drug-likeness (QED) is 0.647. The zero-order chi connectivity index (χ0) is 10.5. The molecule has 0 spiro atoms. The molecule has 0 unspecified atom stereocenters. The second kappa shape index (κ2) is 5.02. The van der Waals surface area contributed by atoms with Gasteiger partial charge in [-0.3, -0.25) is 4.79 Å². The Hall–Kier alpha value is -0.830. The predicted molar refractivity (Wildman–Crippen MR) is 53.4 cm³/mol. The summed E-state index contributed by atoms with van der Waals surface area (Å²) in [5.74, 6) is -0.110. The third-order valence-electron chi connectivity index (χ3n) is 1.72. The lowest BCUT2D eigenvalue weighted by Gasteiger charge is -2.23. The van der Waals surface area contributed by atoms with E-state index in [4.69, 9.17) is 5.11 Å². The molecule has 3 heteroatoms. The SMILES string of the molecule is CC/C=C(\C)C(=O)NC(C)(C)CO. The van der Waals surface area contributed by atoms with Gasteiger partial charge in [-0.05, 0) is 27.2 Å². The zero-order valence-corrected chi connectivity index (χ0v) is 8.85. The van der Waals surface area contributed by atoms with E-state index >= 15 is 0 Å². The van der Waals surface area contributed by atoms with Gasteiger partial charge in [-0.15, -0.1) is 0 Å². The molecule has 0 aliphatic carbocycles. The van der Waals surface area contributed by atoms with Crippen LogP contribution in [0.15, 0.2) is 11.6 Å². The van der Waals surface area contributed by atoms with Gasteiger partial charge >= 0.3 is 0 Å². The highest BCUT2D eigenvalue weighted by Gasteiger charge is 2.19. The molecule has 0 aliphatic heterocycles. The van der Waals surface area contributed by atoms with Gasteiger partial charge in [-0.2, -0.15) is 0 Å². The highest BCUT2D eigenvalue weighted by molar-refractivity contribution is 5.93. The number of rotatable bonds is 4. The highest BCUT2D eigenvalue weighted by atomic mass is 16.3.